The number of carbonyl (C=O) groups is 1. The molecule has 0 fully saturated rings. The molecule has 0 aliphatic heterocycles. The number of carbonyl (C=O) groups excluding carboxylic acids is 1. The summed E-state index contributed by atoms with van der Waals surface area (Å²) in [7, 11) is 0. The zero-order chi connectivity index (χ0) is 25.8. The van der Waals surface area contributed by atoms with Crippen molar-refractivity contribution in [2.75, 3.05) is 5.73 Å². The SMILES string of the molecule is C/C=C/C=O.C/C=C\N.C=CC.CC.CC(/C=C/N)Cc1cc(C(N)=NC=N)ccc1N. The largest absolute Gasteiger partial charge is 0.405 e. The topological polar surface area (TPSA) is 157 Å². The Balaban J connectivity index is -0.000000230. The lowest BCUT2D eigenvalue weighted by Gasteiger charge is -2.11. The summed E-state index contributed by atoms with van der Waals surface area (Å²) >= 11 is 0. The highest BCUT2D eigenvalue weighted by atomic mass is 16.1. The maximum atomic E-state index is 9.32. The normalized spacial score (nSPS) is 10.9. The highest BCUT2D eigenvalue weighted by Gasteiger charge is 2.07. The molecule has 0 saturated heterocycles. The second-order valence-electron chi connectivity index (χ2n) is 5.72. The van der Waals surface area contributed by atoms with Crippen LogP contribution in [0.3, 0.4) is 0 Å². The summed E-state index contributed by atoms with van der Waals surface area (Å²) in [5, 5.41) is 6.91. The van der Waals surface area contributed by atoms with Crippen LogP contribution in [0.25, 0.3) is 0 Å². The Hall–Kier alpha value is -3.61. The Bertz CT molecular complexity index is 702. The quantitative estimate of drug-likeness (QED) is 0.107. The van der Waals surface area contributed by atoms with Crippen molar-refractivity contribution in [3.63, 3.8) is 0 Å². The van der Waals surface area contributed by atoms with Crippen molar-refractivity contribution in [3.8, 4) is 0 Å². The number of nitrogen functional groups attached to an aromatic ring is 1. The number of rotatable bonds is 6. The van der Waals surface area contributed by atoms with Crippen LogP contribution >= 0.6 is 0 Å². The van der Waals surface area contributed by atoms with Crippen molar-refractivity contribution in [2.24, 2.45) is 28.1 Å². The second kappa shape index (κ2) is 29.6. The molecular formula is C25H44N6O. The molecule has 1 atom stereocenters. The van der Waals surface area contributed by atoms with E-state index in [2.05, 4.69) is 18.5 Å². The van der Waals surface area contributed by atoms with E-state index in [1.54, 1.807) is 37.3 Å². The van der Waals surface area contributed by atoms with E-state index in [9.17, 15) is 4.79 Å². The number of benzene rings is 1. The Labute approximate surface area is 195 Å². The average molecular weight is 445 g/mol. The number of nitrogens with two attached hydrogens (primary N) is 4. The fourth-order valence-electron chi connectivity index (χ4n) is 1.77. The molecule has 32 heavy (non-hydrogen) atoms. The molecule has 0 aliphatic carbocycles. The average Bonchev–Trinajstić information content (AvgIpc) is 2.78. The molecule has 1 aromatic rings. The number of allylic oxidation sites excluding steroid dienone is 5. The highest BCUT2D eigenvalue weighted by Crippen LogP contribution is 2.18. The van der Waals surface area contributed by atoms with Crippen molar-refractivity contribution < 1.29 is 4.79 Å². The Morgan fingerprint density at radius 3 is 2.03 bits per heavy atom. The molecule has 1 aromatic carbocycles. The first-order valence-corrected chi connectivity index (χ1v) is 10.4. The van der Waals surface area contributed by atoms with Crippen LogP contribution in [-0.4, -0.2) is 18.5 Å². The summed E-state index contributed by atoms with van der Waals surface area (Å²) in [6.45, 7) is 15.0. The molecular weight excluding hydrogens is 400 g/mol. The van der Waals surface area contributed by atoms with Crippen LogP contribution in [0.1, 0.15) is 52.7 Å². The van der Waals surface area contributed by atoms with Crippen molar-refractivity contribution in [1.82, 2.24) is 0 Å². The van der Waals surface area contributed by atoms with Gasteiger partial charge >= 0.3 is 0 Å². The molecule has 0 saturated carbocycles. The summed E-state index contributed by atoms with van der Waals surface area (Å²) in [5.74, 6) is 0.613. The van der Waals surface area contributed by atoms with E-state index in [1.165, 1.54) is 18.5 Å². The lowest BCUT2D eigenvalue weighted by molar-refractivity contribution is -0.104. The van der Waals surface area contributed by atoms with Crippen molar-refractivity contribution in [1.29, 1.82) is 5.41 Å². The molecule has 0 heterocycles. The molecule has 1 rings (SSSR count). The first-order chi connectivity index (χ1) is 15.3. The molecule has 0 bridgehead atoms. The van der Waals surface area contributed by atoms with Crippen molar-refractivity contribution in [2.45, 2.75) is 48.0 Å². The van der Waals surface area contributed by atoms with E-state index in [4.69, 9.17) is 28.3 Å². The lowest BCUT2D eigenvalue weighted by atomic mass is 9.97. The molecule has 180 valence electrons. The standard InChI is InChI=1S/C13H19N5.C4H6O.C3H7N.C3H6.C2H6/c1-9(4-5-14)6-11-7-10(2-3-12(11)16)13(17)18-8-15;1-2-3-4-5;1-2-3-4;1-3-2;1-2/h2-5,7-9H,6,14,16H2,1H3,(H3,15,17,18);2-4H,1H3;2-3H,4H2,1H3;3H,1H2,2H3;1-2H3/b5-4+;3-2+;3-2-;;. The van der Waals surface area contributed by atoms with Gasteiger partial charge in [-0.25, -0.2) is 4.99 Å². The van der Waals surface area contributed by atoms with Crippen LogP contribution in [0.2, 0.25) is 0 Å². The van der Waals surface area contributed by atoms with Gasteiger partial charge in [-0.3, -0.25) is 10.2 Å². The second-order valence-corrected chi connectivity index (χ2v) is 5.72. The fraction of sp³-hybridized carbons (Fsp3) is 0.320. The number of nitrogens with zero attached hydrogens (tertiary/aromatic N) is 1. The highest BCUT2D eigenvalue weighted by molar-refractivity contribution is 6.01. The van der Waals surface area contributed by atoms with E-state index in [0.29, 0.717) is 11.8 Å². The van der Waals surface area contributed by atoms with Gasteiger partial charge in [-0.2, -0.15) is 0 Å². The predicted octanol–water partition coefficient (Wildman–Crippen LogP) is 4.69. The van der Waals surface area contributed by atoms with Crippen LogP contribution in [0.5, 0.6) is 0 Å². The van der Waals surface area contributed by atoms with Crippen LogP contribution in [0.15, 0.2) is 72.6 Å². The van der Waals surface area contributed by atoms with E-state index < -0.39 is 0 Å². The van der Waals surface area contributed by atoms with Crippen LogP contribution in [-0.2, 0) is 11.2 Å². The number of amidine groups is 1. The van der Waals surface area contributed by atoms with Gasteiger partial charge in [0.05, 0.1) is 0 Å². The summed E-state index contributed by atoms with van der Waals surface area (Å²) in [6.07, 6.45) is 14.1. The van der Waals surface area contributed by atoms with Gasteiger partial charge in [0.25, 0.3) is 0 Å². The van der Waals surface area contributed by atoms with Crippen LogP contribution in [0, 0.1) is 11.3 Å². The number of aliphatic imine (C=N–C) groups is 1. The summed E-state index contributed by atoms with van der Waals surface area (Å²) in [5.41, 5.74) is 24.4. The first kappa shape index (κ1) is 35.8. The predicted molar refractivity (Wildman–Crippen MR) is 144 cm³/mol. The Kier molecular flexibility index (Phi) is 33.1. The molecule has 7 heteroatoms. The van der Waals surface area contributed by atoms with Gasteiger partial charge in [-0.15, -0.1) is 6.58 Å². The maximum Gasteiger partial charge on any atom is 0.142 e. The molecule has 0 aromatic heterocycles. The molecule has 1 unspecified atom stereocenters. The molecule has 7 nitrogen and oxygen atoms in total. The number of nitrogens with one attached hydrogen (secondary N) is 1. The number of anilines is 1. The zero-order valence-electron chi connectivity index (χ0n) is 20.6. The minimum absolute atomic E-state index is 0.299. The Morgan fingerprint density at radius 1 is 1.16 bits per heavy atom. The minimum atomic E-state index is 0.299. The van der Waals surface area contributed by atoms with Gasteiger partial charge < -0.3 is 22.9 Å². The lowest BCUT2D eigenvalue weighted by Crippen LogP contribution is -2.14. The summed E-state index contributed by atoms with van der Waals surface area (Å²) in [6, 6.07) is 5.50. The molecule has 0 radical (unpaired) electrons. The van der Waals surface area contributed by atoms with Gasteiger partial charge in [-0.1, -0.05) is 45.1 Å². The molecule has 0 amide bonds. The van der Waals surface area contributed by atoms with E-state index in [1.807, 2.05) is 39.8 Å². The van der Waals surface area contributed by atoms with E-state index >= 15 is 0 Å². The molecule has 0 aliphatic rings. The third kappa shape index (κ3) is 24.4. The number of hydrogen-bond acceptors (Lipinski definition) is 5. The maximum absolute atomic E-state index is 9.32. The molecule has 0 spiro atoms. The third-order valence-electron chi connectivity index (χ3n) is 3.09. The summed E-state index contributed by atoms with van der Waals surface area (Å²) < 4.78 is 0. The minimum Gasteiger partial charge on any atom is -0.405 e. The van der Waals surface area contributed by atoms with Crippen LogP contribution < -0.4 is 22.9 Å². The molecule has 9 N–H and O–H groups in total. The third-order valence-corrected chi connectivity index (χ3v) is 3.09. The number of hydrogen-bond donors (Lipinski definition) is 5. The van der Waals surface area contributed by atoms with Crippen LogP contribution in [0.4, 0.5) is 5.69 Å². The monoisotopic (exact) mass is 444 g/mol. The fourth-order valence-corrected chi connectivity index (χ4v) is 1.77. The summed E-state index contributed by atoms with van der Waals surface area (Å²) in [4.78, 5) is 13.1. The van der Waals surface area contributed by atoms with E-state index in [0.717, 1.165) is 35.9 Å². The smallest absolute Gasteiger partial charge is 0.142 e. The first-order valence-electron chi connectivity index (χ1n) is 10.4. The van der Waals surface area contributed by atoms with Gasteiger partial charge in [0.15, 0.2) is 0 Å². The number of aldehydes is 1. The van der Waals surface area contributed by atoms with E-state index in [-0.39, 0.29) is 0 Å². The van der Waals surface area contributed by atoms with Gasteiger partial charge in [0.2, 0.25) is 0 Å². The Morgan fingerprint density at radius 2 is 1.69 bits per heavy atom. The zero-order valence-corrected chi connectivity index (χ0v) is 20.6. The van der Waals surface area contributed by atoms with Gasteiger partial charge in [0.1, 0.15) is 18.5 Å². The van der Waals surface area contributed by atoms with Gasteiger partial charge in [-0.05, 0) is 75.3 Å². The van der Waals surface area contributed by atoms with Gasteiger partial charge in [0, 0.05) is 11.3 Å². The van der Waals surface area contributed by atoms with Crippen molar-refractivity contribution >= 4 is 24.1 Å². The van der Waals surface area contributed by atoms with Crippen molar-refractivity contribution in [3.05, 3.63) is 78.7 Å².